The van der Waals surface area contributed by atoms with Crippen LogP contribution in [-0.4, -0.2) is 16.5 Å². The monoisotopic (exact) mass is 257 g/mol. The van der Waals surface area contributed by atoms with Crippen LogP contribution in [0.4, 0.5) is 13.2 Å². The number of nitrogens with one attached hydrogen (secondary N) is 1. The molecular formula is C12H14F3N3. The van der Waals surface area contributed by atoms with E-state index in [0.717, 1.165) is 12.8 Å². The standard InChI is InChI=1S/C12H14F3N3/c13-12(14,15)11-8-6-16-4-3-9(8)17-10(18-11)5-7-1-2-7/h7,16H,1-6H2. The quantitative estimate of drug-likeness (QED) is 0.881. The number of hydrogen-bond donors (Lipinski definition) is 1. The highest BCUT2D eigenvalue weighted by Gasteiger charge is 2.38. The molecule has 0 radical (unpaired) electrons. The van der Waals surface area contributed by atoms with Gasteiger partial charge in [-0.15, -0.1) is 0 Å². The van der Waals surface area contributed by atoms with E-state index in [0.29, 0.717) is 36.8 Å². The van der Waals surface area contributed by atoms with E-state index in [9.17, 15) is 13.2 Å². The lowest BCUT2D eigenvalue weighted by Gasteiger charge is -2.21. The fraction of sp³-hybridized carbons (Fsp3) is 0.667. The van der Waals surface area contributed by atoms with Crippen LogP contribution in [-0.2, 0) is 25.6 Å². The molecule has 98 valence electrons. The van der Waals surface area contributed by atoms with Crippen LogP contribution in [0.2, 0.25) is 0 Å². The zero-order valence-electron chi connectivity index (χ0n) is 9.85. The van der Waals surface area contributed by atoms with Gasteiger partial charge in [0.1, 0.15) is 5.82 Å². The Labute approximate surface area is 103 Å². The highest BCUT2D eigenvalue weighted by molar-refractivity contribution is 5.30. The molecule has 2 aliphatic rings. The van der Waals surface area contributed by atoms with Crippen molar-refractivity contribution in [1.29, 1.82) is 0 Å². The largest absolute Gasteiger partial charge is 0.433 e. The molecule has 0 bridgehead atoms. The van der Waals surface area contributed by atoms with Crippen molar-refractivity contribution in [2.75, 3.05) is 6.54 Å². The van der Waals surface area contributed by atoms with Gasteiger partial charge < -0.3 is 5.32 Å². The smallest absolute Gasteiger partial charge is 0.312 e. The molecular weight excluding hydrogens is 243 g/mol. The lowest BCUT2D eigenvalue weighted by molar-refractivity contribution is -0.142. The number of hydrogen-bond acceptors (Lipinski definition) is 3. The average molecular weight is 257 g/mol. The minimum atomic E-state index is -4.38. The van der Waals surface area contributed by atoms with Crippen molar-refractivity contribution in [1.82, 2.24) is 15.3 Å². The van der Waals surface area contributed by atoms with Crippen LogP contribution in [0.3, 0.4) is 0 Å². The van der Waals surface area contributed by atoms with Gasteiger partial charge in [-0.05, 0) is 18.8 Å². The molecule has 1 saturated carbocycles. The predicted molar refractivity (Wildman–Crippen MR) is 58.9 cm³/mol. The highest BCUT2D eigenvalue weighted by atomic mass is 19.4. The first-order valence-corrected chi connectivity index (χ1v) is 6.20. The van der Waals surface area contributed by atoms with Crippen LogP contribution < -0.4 is 5.32 Å². The summed E-state index contributed by atoms with van der Waals surface area (Å²) in [6.45, 7) is 0.901. The van der Waals surface area contributed by atoms with Crippen LogP contribution in [0.5, 0.6) is 0 Å². The van der Waals surface area contributed by atoms with Crippen LogP contribution >= 0.6 is 0 Å². The van der Waals surface area contributed by atoms with E-state index in [1.165, 1.54) is 0 Å². The number of nitrogens with zero attached hydrogens (tertiary/aromatic N) is 2. The van der Waals surface area contributed by atoms with Crippen molar-refractivity contribution in [2.24, 2.45) is 5.92 Å². The number of aromatic nitrogens is 2. The third-order valence-corrected chi connectivity index (χ3v) is 3.42. The Morgan fingerprint density at radius 1 is 1.22 bits per heavy atom. The molecule has 18 heavy (non-hydrogen) atoms. The average Bonchev–Trinajstić information content (AvgIpc) is 3.10. The van der Waals surface area contributed by atoms with Gasteiger partial charge in [0.2, 0.25) is 0 Å². The molecule has 1 N–H and O–H groups in total. The Morgan fingerprint density at radius 3 is 2.67 bits per heavy atom. The van der Waals surface area contributed by atoms with Gasteiger partial charge in [0.25, 0.3) is 0 Å². The first-order valence-electron chi connectivity index (χ1n) is 6.20. The normalized spacial score (nSPS) is 19.7. The molecule has 2 heterocycles. The number of alkyl halides is 3. The summed E-state index contributed by atoms with van der Waals surface area (Å²) in [5.74, 6) is 0.858. The summed E-state index contributed by atoms with van der Waals surface area (Å²) in [5.41, 5.74) is 0.0652. The molecule has 1 aliphatic heterocycles. The molecule has 1 fully saturated rings. The number of halogens is 3. The van der Waals surface area contributed by atoms with E-state index in [1.807, 2.05) is 0 Å². The fourth-order valence-corrected chi connectivity index (χ4v) is 2.30. The predicted octanol–water partition coefficient (Wildman–Crippen LogP) is 2.09. The first-order chi connectivity index (χ1) is 8.54. The molecule has 1 aromatic rings. The highest BCUT2D eigenvalue weighted by Crippen LogP contribution is 2.35. The van der Waals surface area contributed by atoms with E-state index in [2.05, 4.69) is 15.3 Å². The Bertz CT molecular complexity index is 466. The summed E-state index contributed by atoms with van der Waals surface area (Å²) in [6, 6.07) is 0. The maximum Gasteiger partial charge on any atom is 0.433 e. The zero-order chi connectivity index (χ0) is 12.8. The molecule has 6 heteroatoms. The Kier molecular flexibility index (Phi) is 2.77. The van der Waals surface area contributed by atoms with Crippen LogP contribution in [0.25, 0.3) is 0 Å². The Morgan fingerprint density at radius 2 is 2.00 bits per heavy atom. The second-order valence-electron chi connectivity index (χ2n) is 4.99. The van der Waals surface area contributed by atoms with Crippen molar-refractivity contribution in [2.45, 2.75) is 38.4 Å². The van der Waals surface area contributed by atoms with Crippen molar-refractivity contribution >= 4 is 0 Å². The van der Waals surface area contributed by atoms with Crippen LogP contribution in [0.1, 0.15) is 35.6 Å². The number of rotatable bonds is 2. The molecule has 3 rings (SSSR count). The molecule has 0 saturated heterocycles. The second kappa shape index (κ2) is 4.19. The maximum absolute atomic E-state index is 13.0. The Hall–Kier alpha value is -1.17. The summed E-state index contributed by atoms with van der Waals surface area (Å²) in [5, 5.41) is 2.95. The van der Waals surface area contributed by atoms with E-state index >= 15 is 0 Å². The van der Waals surface area contributed by atoms with E-state index in [1.54, 1.807) is 0 Å². The van der Waals surface area contributed by atoms with Gasteiger partial charge in [-0.1, -0.05) is 0 Å². The number of fused-ring (bicyclic) bond motifs is 1. The molecule has 1 aromatic heterocycles. The molecule has 0 spiro atoms. The first kappa shape index (κ1) is 11.9. The molecule has 1 aliphatic carbocycles. The summed E-state index contributed by atoms with van der Waals surface area (Å²) in [4.78, 5) is 8.08. The summed E-state index contributed by atoms with van der Waals surface area (Å²) >= 11 is 0. The topological polar surface area (TPSA) is 37.8 Å². The van der Waals surface area contributed by atoms with Gasteiger partial charge in [-0.2, -0.15) is 13.2 Å². The molecule has 0 atom stereocenters. The molecule has 3 nitrogen and oxygen atoms in total. The van der Waals surface area contributed by atoms with Gasteiger partial charge in [-0.3, -0.25) is 0 Å². The zero-order valence-corrected chi connectivity index (χ0v) is 9.85. The third kappa shape index (κ3) is 2.34. The van der Waals surface area contributed by atoms with E-state index in [-0.39, 0.29) is 12.1 Å². The molecule has 0 amide bonds. The molecule has 0 aromatic carbocycles. The maximum atomic E-state index is 13.0. The van der Waals surface area contributed by atoms with Crippen molar-refractivity contribution < 1.29 is 13.2 Å². The molecule has 0 unspecified atom stereocenters. The summed E-state index contributed by atoms with van der Waals surface area (Å²) in [7, 11) is 0. The van der Waals surface area contributed by atoms with Gasteiger partial charge in [0, 0.05) is 31.5 Å². The fourth-order valence-electron chi connectivity index (χ4n) is 2.30. The third-order valence-electron chi connectivity index (χ3n) is 3.42. The van der Waals surface area contributed by atoms with Gasteiger partial charge >= 0.3 is 6.18 Å². The summed E-state index contributed by atoms with van der Waals surface area (Å²) < 4.78 is 39.0. The minimum Gasteiger partial charge on any atom is -0.312 e. The summed E-state index contributed by atoms with van der Waals surface area (Å²) in [6.07, 6.45) is -1.07. The SMILES string of the molecule is FC(F)(F)c1nc(CC2CC2)nc2c1CNCC2. The van der Waals surface area contributed by atoms with Crippen molar-refractivity contribution in [3.63, 3.8) is 0 Å². The van der Waals surface area contributed by atoms with Crippen molar-refractivity contribution in [3.05, 3.63) is 22.8 Å². The Balaban J connectivity index is 2.02. The van der Waals surface area contributed by atoms with Crippen LogP contribution in [0, 0.1) is 5.92 Å². The van der Waals surface area contributed by atoms with Gasteiger partial charge in [0.15, 0.2) is 5.69 Å². The van der Waals surface area contributed by atoms with Gasteiger partial charge in [-0.25, -0.2) is 9.97 Å². The van der Waals surface area contributed by atoms with E-state index in [4.69, 9.17) is 0 Å². The minimum absolute atomic E-state index is 0.216. The van der Waals surface area contributed by atoms with Gasteiger partial charge in [0.05, 0.1) is 5.69 Å². The lowest BCUT2D eigenvalue weighted by Crippen LogP contribution is -2.29. The van der Waals surface area contributed by atoms with E-state index < -0.39 is 11.9 Å². The second-order valence-corrected chi connectivity index (χ2v) is 4.99. The van der Waals surface area contributed by atoms with Crippen LogP contribution in [0.15, 0.2) is 0 Å². The van der Waals surface area contributed by atoms with Crippen molar-refractivity contribution in [3.8, 4) is 0 Å². The lowest BCUT2D eigenvalue weighted by atomic mass is 10.0.